The Labute approximate surface area is 115 Å². The maximum atomic E-state index is 13.2. The number of ether oxygens (including phenoxy) is 1. The molecule has 0 bridgehead atoms. The Hall–Kier alpha value is -1.55. The normalized spacial score (nSPS) is 15.9. The summed E-state index contributed by atoms with van der Waals surface area (Å²) in [6.07, 6.45) is 6.32. The number of aromatic nitrogens is 2. The lowest BCUT2D eigenvalue weighted by Gasteiger charge is -2.11. The molecule has 0 unspecified atom stereocenters. The quantitative estimate of drug-likeness (QED) is 0.850. The van der Waals surface area contributed by atoms with E-state index in [-0.39, 0.29) is 11.9 Å². The Balaban J connectivity index is 1.85. The van der Waals surface area contributed by atoms with Crippen molar-refractivity contribution in [2.45, 2.75) is 31.8 Å². The van der Waals surface area contributed by atoms with Crippen LogP contribution in [0.5, 0.6) is 5.75 Å². The topological polar surface area (TPSA) is 27.1 Å². The Morgan fingerprint density at radius 2 is 2.11 bits per heavy atom. The lowest BCUT2D eigenvalue weighted by Crippen LogP contribution is -2.10. The van der Waals surface area contributed by atoms with Crippen molar-refractivity contribution in [2.24, 2.45) is 0 Å². The standard InChI is InChI=1S/C14H14ClFN2O/c15-14-13(19-12-6-1-2-7-12)9-17-18(14)11-5-3-4-10(16)8-11/h3-5,8-9,12H,1-2,6-7H2. The maximum Gasteiger partial charge on any atom is 0.177 e. The average molecular weight is 281 g/mol. The van der Waals surface area contributed by atoms with Crippen molar-refractivity contribution in [3.8, 4) is 11.4 Å². The van der Waals surface area contributed by atoms with E-state index in [0.29, 0.717) is 16.6 Å². The van der Waals surface area contributed by atoms with Crippen LogP contribution in [0, 0.1) is 5.82 Å². The molecular weight excluding hydrogens is 267 g/mol. The molecule has 0 saturated heterocycles. The highest BCUT2D eigenvalue weighted by molar-refractivity contribution is 6.31. The third-order valence-electron chi connectivity index (χ3n) is 3.33. The van der Waals surface area contributed by atoms with E-state index < -0.39 is 0 Å². The van der Waals surface area contributed by atoms with Gasteiger partial charge in [0.1, 0.15) is 5.82 Å². The fourth-order valence-corrected chi connectivity index (χ4v) is 2.61. The van der Waals surface area contributed by atoms with Gasteiger partial charge in [0.05, 0.1) is 18.0 Å². The van der Waals surface area contributed by atoms with Gasteiger partial charge in [-0.25, -0.2) is 9.07 Å². The van der Waals surface area contributed by atoms with Crippen molar-refractivity contribution >= 4 is 11.6 Å². The number of halogens is 2. The summed E-state index contributed by atoms with van der Waals surface area (Å²) >= 11 is 6.24. The van der Waals surface area contributed by atoms with Crippen LogP contribution in [0.25, 0.3) is 5.69 Å². The van der Waals surface area contributed by atoms with Crippen molar-refractivity contribution < 1.29 is 9.13 Å². The Morgan fingerprint density at radius 1 is 1.32 bits per heavy atom. The third kappa shape index (κ3) is 2.59. The molecule has 1 aliphatic rings. The van der Waals surface area contributed by atoms with Gasteiger partial charge in [-0.2, -0.15) is 5.10 Å². The third-order valence-corrected chi connectivity index (χ3v) is 3.67. The van der Waals surface area contributed by atoms with Crippen LogP contribution in [0.15, 0.2) is 30.5 Å². The van der Waals surface area contributed by atoms with Crippen molar-refractivity contribution in [3.05, 3.63) is 41.4 Å². The SMILES string of the molecule is Fc1cccc(-n2ncc(OC3CCCC3)c2Cl)c1. The van der Waals surface area contributed by atoms with Gasteiger partial charge in [-0.05, 0) is 43.9 Å². The first kappa shape index (κ1) is 12.5. The molecular formula is C14H14ClFN2O. The zero-order valence-electron chi connectivity index (χ0n) is 10.4. The van der Waals surface area contributed by atoms with Crippen molar-refractivity contribution in [2.75, 3.05) is 0 Å². The molecule has 0 N–H and O–H groups in total. The maximum absolute atomic E-state index is 13.2. The van der Waals surface area contributed by atoms with E-state index in [0.717, 1.165) is 12.8 Å². The van der Waals surface area contributed by atoms with Crippen LogP contribution < -0.4 is 4.74 Å². The molecule has 1 aliphatic carbocycles. The monoisotopic (exact) mass is 280 g/mol. The van der Waals surface area contributed by atoms with Gasteiger partial charge in [0.15, 0.2) is 10.9 Å². The molecule has 19 heavy (non-hydrogen) atoms. The van der Waals surface area contributed by atoms with Gasteiger partial charge in [-0.15, -0.1) is 0 Å². The summed E-state index contributed by atoms with van der Waals surface area (Å²) in [6.45, 7) is 0. The van der Waals surface area contributed by atoms with E-state index in [1.165, 1.54) is 29.7 Å². The first-order chi connectivity index (χ1) is 9.24. The molecule has 0 atom stereocenters. The average Bonchev–Trinajstić information content (AvgIpc) is 3.01. The molecule has 1 aromatic heterocycles. The van der Waals surface area contributed by atoms with Crippen LogP contribution in [-0.2, 0) is 0 Å². The fraction of sp³-hybridized carbons (Fsp3) is 0.357. The summed E-state index contributed by atoms with van der Waals surface area (Å²) < 4.78 is 20.5. The summed E-state index contributed by atoms with van der Waals surface area (Å²) in [4.78, 5) is 0. The summed E-state index contributed by atoms with van der Waals surface area (Å²) in [5, 5.41) is 4.55. The first-order valence-electron chi connectivity index (χ1n) is 6.40. The predicted molar refractivity (Wildman–Crippen MR) is 71.4 cm³/mol. The molecule has 0 amide bonds. The van der Waals surface area contributed by atoms with Gasteiger partial charge in [-0.3, -0.25) is 0 Å². The van der Waals surface area contributed by atoms with E-state index in [1.807, 2.05) is 0 Å². The molecule has 0 spiro atoms. The minimum atomic E-state index is -0.317. The molecule has 1 fully saturated rings. The Kier molecular flexibility index (Phi) is 3.42. The molecule has 0 radical (unpaired) electrons. The number of hydrogen-bond acceptors (Lipinski definition) is 2. The number of hydrogen-bond donors (Lipinski definition) is 0. The second kappa shape index (κ2) is 5.21. The first-order valence-corrected chi connectivity index (χ1v) is 6.78. The number of rotatable bonds is 3. The van der Waals surface area contributed by atoms with Gasteiger partial charge in [-0.1, -0.05) is 17.7 Å². The molecule has 0 aliphatic heterocycles. The van der Waals surface area contributed by atoms with Gasteiger partial charge in [0, 0.05) is 0 Å². The van der Waals surface area contributed by atoms with Crippen LogP contribution >= 0.6 is 11.6 Å². The zero-order chi connectivity index (χ0) is 13.2. The lowest BCUT2D eigenvalue weighted by atomic mass is 10.3. The Morgan fingerprint density at radius 3 is 2.84 bits per heavy atom. The lowest BCUT2D eigenvalue weighted by molar-refractivity contribution is 0.210. The predicted octanol–water partition coefficient (Wildman–Crippen LogP) is 3.99. The fourth-order valence-electron chi connectivity index (χ4n) is 2.37. The molecule has 1 aromatic carbocycles. The molecule has 2 aromatic rings. The van der Waals surface area contributed by atoms with Crippen molar-refractivity contribution in [3.63, 3.8) is 0 Å². The van der Waals surface area contributed by atoms with Crippen molar-refractivity contribution in [1.29, 1.82) is 0 Å². The highest BCUT2D eigenvalue weighted by Gasteiger charge is 2.20. The molecule has 100 valence electrons. The summed E-state index contributed by atoms with van der Waals surface area (Å²) in [5.74, 6) is 0.250. The number of nitrogens with zero attached hydrogens (tertiary/aromatic N) is 2. The van der Waals surface area contributed by atoms with Gasteiger partial charge in [0.2, 0.25) is 0 Å². The smallest absolute Gasteiger partial charge is 0.177 e. The second-order valence-electron chi connectivity index (χ2n) is 4.72. The minimum absolute atomic E-state index is 0.225. The van der Waals surface area contributed by atoms with Crippen LogP contribution in [0.1, 0.15) is 25.7 Å². The molecule has 3 rings (SSSR count). The van der Waals surface area contributed by atoms with E-state index in [4.69, 9.17) is 16.3 Å². The molecule has 5 heteroatoms. The number of benzene rings is 1. The highest BCUT2D eigenvalue weighted by Crippen LogP contribution is 2.31. The van der Waals surface area contributed by atoms with Crippen molar-refractivity contribution in [1.82, 2.24) is 9.78 Å². The highest BCUT2D eigenvalue weighted by atomic mass is 35.5. The second-order valence-corrected chi connectivity index (χ2v) is 5.07. The molecule has 1 heterocycles. The zero-order valence-corrected chi connectivity index (χ0v) is 11.1. The van der Waals surface area contributed by atoms with Crippen LogP contribution in [0.3, 0.4) is 0 Å². The van der Waals surface area contributed by atoms with E-state index in [1.54, 1.807) is 18.3 Å². The summed E-state index contributed by atoms with van der Waals surface area (Å²) in [7, 11) is 0. The van der Waals surface area contributed by atoms with Gasteiger partial charge >= 0.3 is 0 Å². The van der Waals surface area contributed by atoms with Gasteiger partial charge < -0.3 is 4.74 Å². The van der Waals surface area contributed by atoms with Gasteiger partial charge in [0.25, 0.3) is 0 Å². The van der Waals surface area contributed by atoms with Crippen LogP contribution in [-0.4, -0.2) is 15.9 Å². The summed E-state index contributed by atoms with van der Waals surface area (Å²) in [5.41, 5.74) is 0.589. The summed E-state index contributed by atoms with van der Waals surface area (Å²) in [6, 6.07) is 6.15. The van der Waals surface area contributed by atoms with Crippen LogP contribution in [0.2, 0.25) is 5.15 Å². The minimum Gasteiger partial charge on any atom is -0.485 e. The largest absolute Gasteiger partial charge is 0.485 e. The van der Waals surface area contributed by atoms with E-state index in [2.05, 4.69) is 5.10 Å². The van der Waals surface area contributed by atoms with E-state index in [9.17, 15) is 4.39 Å². The van der Waals surface area contributed by atoms with E-state index >= 15 is 0 Å². The Bertz CT molecular complexity index is 579. The van der Waals surface area contributed by atoms with Crippen LogP contribution in [0.4, 0.5) is 4.39 Å². The molecule has 3 nitrogen and oxygen atoms in total. The molecule has 1 saturated carbocycles.